The minimum absolute atomic E-state index is 0.339. The van der Waals surface area contributed by atoms with Gasteiger partial charge in [0.05, 0.1) is 6.10 Å². The lowest BCUT2D eigenvalue weighted by molar-refractivity contribution is -0.131. The number of benzene rings is 1. The molecule has 1 rings (SSSR count). The molecule has 4 nitrogen and oxygen atoms in total. The van der Waals surface area contributed by atoms with Gasteiger partial charge in [-0.25, -0.2) is 0 Å². The highest BCUT2D eigenvalue weighted by Crippen LogP contribution is 2.17. The van der Waals surface area contributed by atoms with Crippen molar-refractivity contribution in [2.75, 3.05) is 13.1 Å². The second-order valence-corrected chi connectivity index (χ2v) is 5.65. The zero-order valence-electron chi connectivity index (χ0n) is 13.8. The molecule has 0 amide bonds. The highest BCUT2D eigenvalue weighted by Gasteiger charge is 2.07. The molecule has 1 aromatic carbocycles. The summed E-state index contributed by atoms with van der Waals surface area (Å²) >= 11 is 0. The van der Waals surface area contributed by atoms with Crippen molar-refractivity contribution in [3.63, 3.8) is 0 Å². The molecular formula is C18H29NO3. The Labute approximate surface area is 133 Å². The minimum atomic E-state index is -0.536. The highest BCUT2D eigenvalue weighted by molar-refractivity contribution is 5.69. The first kappa shape index (κ1) is 18.7. The molecule has 1 atom stereocenters. The third-order valence-corrected chi connectivity index (χ3v) is 3.57. The van der Waals surface area contributed by atoms with Crippen LogP contribution in [0, 0.1) is 0 Å². The summed E-state index contributed by atoms with van der Waals surface area (Å²) in [5.41, 5.74) is 0.825. The van der Waals surface area contributed by atoms with Crippen LogP contribution in [0.3, 0.4) is 0 Å². The van der Waals surface area contributed by atoms with E-state index in [1.54, 1.807) is 24.3 Å². The number of nitrogens with one attached hydrogen (secondary N) is 1. The average molecular weight is 307 g/mol. The Bertz CT molecular complexity index is 417. The molecule has 0 aliphatic rings. The molecule has 0 aromatic heterocycles. The monoisotopic (exact) mass is 307 g/mol. The van der Waals surface area contributed by atoms with E-state index in [0.29, 0.717) is 12.3 Å². The van der Waals surface area contributed by atoms with E-state index in [1.807, 2.05) is 0 Å². The number of esters is 1. The van der Waals surface area contributed by atoms with Gasteiger partial charge in [-0.3, -0.25) is 4.79 Å². The molecule has 1 unspecified atom stereocenters. The summed E-state index contributed by atoms with van der Waals surface area (Å²) in [5.74, 6) is 0.164. The third kappa shape index (κ3) is 8.15. The maximum atomic E-state index is 10.8. The predicted octanol–water partition coefficient (Wildman–Crippen LogP) is 3.60. The van der Waals surface area contributed by atoms with Crippen molar-refractivity contribution >= 4 is 5.97 Å². The molecule has 4 heteroatoms. The lowest BCUT2D eigenvalue weighted by Crippen LogP contribution is -2.22. The van der Waals surface area contributed by atoms with E-state index < -0.39 is 6.10 Å². The van der Waals surface area contributed by atoms with Gasteiger partial charge in [0.2, 0.25) is 0 Å². The maximum absolute atomic E-state index is 10.8. The molecule has 0 fully saturated rings. The predicted molar refractivity (Wildman–Crippen MR) is 89.0 cm³/mol. The summed E-state index contributed by atoms with van der Waals surface area (Å²) in [7, 11) is 0. The van der Waals surface area contributed by atoms with Crippen LogP contribution in [-0.4, -0.2) is 24.2 Å². The van der Waals surface area contributed by atoms with Crippen molar-refractivity contribution in [3.8, 4) is 5.75 Å². The SMILES string of the molecule is CCCCCCCCNCC(O)c1ccc(OC(C)=O)cc1. The molecule has 22 heavy (non-hydrogen) atoms. The summed E-state index contributed by atoms with van der Waals surface area (Å²) in [6.45, 7) is 5.08. The van der Waals surface area contributed by atoms with Gasteiger partial charge in [0.25, 0.3) is 0 Å². The standard InChI is InChI=1S/C18H29NO3/c1-3-4-5-6-7-8-13-19-14-18(21)16-9-11-17(12-10-16)22-15(2)20/h9-12,18-19,21H,3-8,13-14H2,1-2H3. The van der Waals surface area contributed by atoms with Crippen LogP contribution in [0.25, 0.3) is 0 Å². The van der Waals surface area contributed by atoms with Crippen LogP contribution in [-0.2, 0) is 4.79 Å². The summed E-state index contributed by atoms with van der Waals surface area (Å²) in [4.78, 5) is 10.8. The van der Waals surface area contributed by atoms with E-state index in [4.69, 9.17) is 4.74 Å². The number of carbonyl (C=O) groups is 1. The van der Waals surface area contributed by atoms with Crippen LogP contribution in [0.2, 0.25) is 0 Å². The van der Waals surface area contributed by atoms with Gasteiger partial charge in [-0.05, 0) is 30.7 Å². The molecule has 124 valence electrons. The fourth-order valence-electron chi connectivity index (χ4n) is 2.31. The Hall–Kier alpha value is -1.39. The van der Waals surface area contributed by atoms with Crippen molar-refractivity contribution < 1.29 is 14.6 Å². The number of aliphatic hydroxyl groups excluding tert-OH is 1. The first-order valence-corrected chi connectivity index (χ1v) is 8.30. The van der Waals surface area contributed by atoms with Gasteiger partial charge in [0.1, 0.15) is 5.75 Å². The second-order valence-electron chi connectivity index (χ2n) is 5.65. The zero-order chi connectivity index (χ0) is 16.2. The van der Waals surface area contributed by atoms with Crippen LogP contribution < -0.4 is 10.1 Å². The molecule has 2 N–H and O–H groups in total. The van der Waals surface area contributed by atoms with E-state index in [0.717, 1.165) is 18.5 Å². The zero-order valence-corrected chi connectivity index (χ0v) is 13.8. The fourth-order valence-corrected chi connectivity index (χ4v) is 2.31. The van der Waals surface area contributed by atoms with Crippen LogP contribution >= 0.6 is 0 Å². The third-order valence-electron chi connectivity index (χ3n) is 3.57. The lowest BCUT2D eigenvalue weighted by Gasteiger charge is -2.12. The molecule has 1 aromatic rings. The molecule has 0 saturated carbocycles. The van der Waals surface area contributed by atoms with Gasteiger partial charge in [-0.15, -0.1) is 0 Å². The summed E-state index contributed by atoms with van der Waals surface area (Å²) in [6.07, 6.45) is 7.10. The molecule has 0 radical (unpaired) electrons. The number of rotatable bonds is 11. The molecule has 0 bridgehead atoms. The molecule has 0 saturated heterocycles. The first-order valence-electron chi connectivity index (χ1n) is 8.30. The molecule has 0 heterocycles. The molecular weight excluding hydrogens is 278 g/mol. The lowest BCUT2D eigenvalue weighted by atomic mass is 10.1. The van der Waals surface area contributed by atoms with Gasteiger partial charge in [0, 0.05) is 13.5 Å². The summed E-state index contributed by atoms with van der Waals surface area (Å²) < 4.78 is 4.97. The summed E-state index contributed by atoms with van der Waals surface area (Å²) in [6, 6.07) is 6.98. The van der Waals surface area contributed by atoms with Gasteiger partial charge in [-0.2, -0.15) is 0 Å². The van der Waals surface area contributed by atoms with Crippen LogP contribution in [0.15, 0.2) is 24.3 Å². The Morgan fingerprint density at radius 1 is 1.14 bits per heavy atom. The maximum Gasteiger partial charge on any atom is 0.308 e. The van der Waals surface area contributed by atoms with Crippen LogP contribution in [0.5, 0.6) is 5.75 Å². The number of aliphatic hydroxyl groups is 1. The van der Waals surface area contributed by atoms with E-state index in [-0.39, 0.29) is 5.97 Å². The van der Waals surface area contributed by atoms with E-state index >= 15 is 0 Å². The quantitative estimate of drug-likeness (QED) is 0.372. The Morgan fingerprint density at radius 2 is 1.77 bits per heavy atom. The van der Waals surface area contributed by atoms with Gasteiger partial charge in [0.15, 0.2) is 0 Å². The average Bonchev–Trinajstić information content (AvgIpc) is 2.50. The smallest absolute Gasteiger partial charge is 0.308 e. The summed E-state index contributed by atoms with van der Waals surface area (Å²) in [5, 5.41) is 13.4. The van der Waals surface area contributed by atoms with Gasteiger partial charge >= 0.3 is 5.97 Å². The number of hydrogen-bond donors (Lipinski definition) is 2. The Kier molecular flexibility index (Phi) is 9.51. The molecule has 0 aliphatic heterocycles. The van der Waals surface area contributed by atoms with Crippen LogP contribution in [0.1, 0.15) is 64.0 Å². The first-order chi connectivity index (χ1) is 10.6. The van der Waals surface area contributed by atoms with E-state index in [2.05, 4.69) is 12.2 Å². The largest absolute Gasteiger partial charge is 0.427 e. The van der Waals surface area contributed by atoms with Crippen molar-refractivity contribution in [3.05, 3.63) is 29.8 Å². The van der Waals surface area contributed by atoms with E-state index in [1.165, 1.54) is 39.0 Å². The highest BCUT2D eigenvalue weighted by atomic mass is 16.5. The van der Waals surface area contributed by atoms with Crippen molar-refractivity contribution in [1.82, 2.24) is 5.32 Å². The number of unbranched alkanes of at least 4 members (excludes halogenated alkanes) is 5. The minimum Gasteiger partial charge on any atom is -0.427 e. The van der Waals surface area contributed by atoms with Gasteiger partial charge < -0.3 is 15.2 Å². The molecule has 0 aliphatic carbocycles. The van der Waals surface area contributed by atoms with Crippen molar-refractivity contribution in [2.24, 2.45) is 0 Å². The number of ether oxygens (including phenoxy) is 1. The van der Waals surface area contributed by atoms with Gasteiger partial charge in [-0.1, -0.05) is 51.2 Å². The fraction of sp³-hybridized carbons (Fsp3) is 0.611. The van der Waals surface area contributed by atoms with Crippen molar-refractivity contribution in [1.29, 1.82) is 0 Å². The number of carbonyl (C=O) groups excluding carboxylic acids is 1. The van der Waals surface area contributed by atoms with Crippen LogP contribution in [0.4, 0.5) is 0 Å². The van der Waals surface area contributed by atoms with Crippen molar-refractivity contribution in [2.45, 2.75) is 58.5 Å². The second kappa shape index (κ2) is 11.2. The normalized spacial score (nSPS) is 12.1. The Balaban J connectivity index is 2.16. The Morgan fingerprint density at radius 3 is 2.41 bits per heavy atom. The van der Waals surface area contributed by atoms with E-state index in [9.17, 15) is 9.90 Å². The number of hydrogen-bond acceptors (Lipinski definition) is 4. The topological polar surface area (TPSA) is 58.6 Å². The molecule has 0 spiro atoms.